The summed E-state index contributed by atoms with van der Waals surface area (Å²) in [6.45, 7) is 6.43. The van der Waals surface area contributed by atoms with Gasteiger partial charge in [0.25, 0.3) is 0 Å². The summed E-state index contributed by atoms with van der Waals surface area (Å²) in [7, 11) is 1.70. The van der Waals surface area contributed by atoms with E-state index in [2.05, 4.69) is 12.6 Å². The zero-order valence-electron chi connectivity index (χ0n) is 16.8. The van der Waals surface area contributed by atoms with Gasteiger partial charge in [0.15, 0.2) is 0 Å². The van der Waals surface area contributed by atoms with Gasteiger partial charge in [-0.25, -0.2) is 4.39 Å². The molecule has 0 saturated carbocycles. The van der Waals surface area contributed by atoms with E-state index in [9.17, 15) is 4.39 Å². The minimum atomic E-state index is -0.207. The highest BCUT2D eigenvalue weighted by Crippen LogP contribution is 2.34. The van der Waals surface area contributed by atoms with Crippen molar-refractivity contribution in [3.8, 4) is 22.4 Å². The Balaban J connectivity index is 2.11. The van der Waals surface area contributed by atoms with Crippen molar-refractivity contribution >= 4 is 17.7 Å². The maximum atomic E-state index is 14.4. The lowest BCUT2D eigenvalue weighted by Crippen LogP contribution is -1.98. The number of rotatable bonds is 8. The Morgan fingerprint density at radius 1 is 1.14 bits per heavy atom. The van der Waals surface area contributed by atoms with Crippen LogP contribution < -0.4 is 0 Å². The molecular weight excluding hydrogens is 385 g/mol. The van der Waals surface area contributed by atoms with Crippen molar-refractivity contribution in [1.82, 2.24) is 4.98 Å². The lowest BCUT2D eigenvalue weighted by molar-refractivity contribution is 0.195. The number of methoxy groups -OCH3 is 1. The maximum absolute atomic E-state index is 14.4. The first-order valence-corrected chi connectivity index (χ1v) is 10.1. The monoisotopic (exact) mass is 409 g/mol. The number of aromatic nitrogens is 1. The number of hydrogen-bond donors (Lipinski definition) is 0. The van der Waals surface area contributed by atoms with Gasteiger partial charge in [0, 0.05) is 36.1 Å². The predicted molar refractivity (Wildman–Crippen MR) is 120 cm³/mol. The molecule has 1 aromatic heterocycles. The Hall–Kier alpha value is -2.49. The molecule has 2 nitrogen and oxygen atoms in total. The second-order valence-corrected chi connectivity index (χ2v) is 7.34. The van der Waals surface area contributed by atoms with Gasteiger partial charge in [0.2, 0.25) is 0 Å². The standard InChI is InChI=1S/C25H25ClFNO/c1-4-18-8-10-20(14-23(18)26)22-13-17(7-6-12-29-3)16-28-25(22)21-11-9-19(5-2)24(27)15-21/h4,8-11,13-16H,1,5-7,12H2,2-3H3. The molecule has 0 spiro atoms. The number of halogens is 2. The molecule has 0 aliphatic heterocycles. The minimum absolute atomic E-state index is 0.207. The molecule has 3 rings (SSSR count). The summed E-state index contributed by atoms with van der Waals surface area (Å²) in [5.74, 6) is -0.207. The zero-order chi connectivity index (χ0) is 20.8. The summed E-state index contributed by atoms with van der Waals surface area (Å²) in [6, 6.07) is 13.3. The van der Waals surface area contributed by atoms with Crippen LogP contribution in [-0.4, -0.2) is 18.7 Å². The molecule has 1 heterocycles. The van der Waals surface area contributed by atoms with Crippen LogP contribution in [0, 0.1) is 5.82 Å². The van der Waals surface area contributed by atoms with Crippen LogP contribution in [0.4, 0.5) is 4.39 Å². The summed E-state index contributed by atoms with van der Waals surface area (Å²) in [4.78, 5) is 4.70. The quantitative estimate of drug-likeness (QED) is 0.374. The van der Waals surface area contributed by atoms with Crippen molar-refractivity contribution in [3.05, 3.63) is 82.8 Å². The topological polar surface area (TPSA) is 22.1 Å². The van der Waals surface area contributed by atoms with Crippen LogP contribution >= 0.6 is 11.6 Å². The van der Waals surface area contributed by atoms with E-state index in [0.717, 1.165) is 46.4 Å². The maximum Gasteiger partial charge on any atom is 0.127 e. The first kappa shape index (κ1) is 21.2. The van der Waals surface area contributed by atoms with E-state index in [4.69, 9.17) is 21.3 Å². The number of pyridine rings is 1. The van der Waals surface area contributed by atoms with E-state index in [1.54, 1.807) is 19.3 Å². The van der Waals surface area contributed by atoms with E-state index in [1.807, 2.05) is 43.5 Å². The number of ether oxygens (including phenoxy) is 1. The molecule has 3 aromatic rings. The molecule has 0 unspecified atom stereocenters. The molecule has 0 saturated heterocycles. The molecule has 2 aromatic carbocycles. The van der Waals surface area contributed by atoms with Crippen molar-refractivity contribution in [3.63, 3.8) is 0 Å². The van der Waals surface area contributed by atoms with Crippen molar-refractivity contribution in [1.29, 1.82) is 0 Å². The molecule has 0 radical (unpaired) electrons. The van der Waals surface area contributed by atoms with Gasteiger partial charge in [0.05, 0.1) is 5.69 Å². The molecule has 0 aliphatic carbocycles. The third-order valence-electron chi connectivity index (χ3n) is 5.00. The number of hydrogen-bond acceptors (Lipinski definition) is 2. The Kier molecular flexibility index (Phi) is 7.18. The van der Waals surface area contributed by atoms with Crippen molar-refractivity contribution in [2.75, 3.05) is 13.7 Å². The summed E-state index contributed by atoms with van der Waals surface area (Å²) in [5.41, 5.74) is 6.05. The van der Waals surface area contributed by atoms with E-state index in [-0.39, 0.29) is 5.82 Å². The van der Waals surface area contributed by atoms with Gasteiger partial charge in [-0.15, -0.1) is 0 Å². The summed E-state index contributed by atoms with van der Waals surface area (Å²) >= 11 is 6.42. The zero-order valence-corrected chi connectivity index (χ0v) is 17.6. The molecular formula is C25H25ClFNO. The van der Waals surface area contributed by atoms with Gasteiger partial charge in [-0.1, -0.05) is 55.4 Å². The fourth-order valence-electron chi connectivity index (χ4n) is 3.36. The number of nitrogens with zero attached hydrogens (tertiary/aromatic N) is 1. The van der Waals surface area contributed by atoms with Gasteiger partial charge in [0.1, 0.15) is 5.82 Å². The second-order valence-electron chi connectivity index (χ2n) is 6.94. The molecule has 0 amide bonds. The fraction of sp³-hybridized carbons (Fsp3) is 0.240. The normalized spacial score (nSPS) is 10.9. The Morgan fingerprint density at radius 2 is 1.93 bits per heavy atom. The van der Waals surface area contributed by atoms with Crippen molar-refractivity contribution < 1.29 is 9.13 Å². The Morgan fingerprint density at radius 3 is 2.59 bits per heavy atom. The van der Waals surface area contributed by atoms with Gasteiger partial charge in [-0.3, -0.25) is 4.98 Å². The van der Waals surface area contributed by atoms with Crippen LogP contribution in [0.25, 0.3) is 28.5 Å². The average molecular weight is 410 g/mol. The molecule has 0 N–H and O–H groups in total. The Bertz CT molecular complexity index is 1020. The van der Waals surface area contributed by atoms with Crippen molar-refractivity contribution in [2.24, 2.45) is 0 Å². The molecule has 150 valence electrons. The molecule has 0 bridgehead atoms. The lowest BCUT2D eigenvalue weighted by Gasteiger charge is -2.14. The van der Waals surface area contributed by atoms with Crippen molar-refractivity contribution in [2.45, 2.75) is 26.2 Å². The number of aryl methyl sites for hydroxylation is 2. The smallest absolute Gasteiger partial charge is 0.127 e. The SMILES string of the molecule is C=Cc1ccc(-c2cc(CCCOC)cnc2-c2ccc(CC)c(F)c2)cc1Cl. The first-order chi connectivity index (χ1) is 14.1. The molecule has 4 heteroatoms. The summed E-state index contributed by atoms with van der Waals surface area (Å²) in [6.07, 6.45) is 6.01. The largest absolute Gasteiger partial charge is 0.385 e. The molecule has 0 fully saturated rings. The van der Waals surface area contributed by atoms with E-state index in [1.165, 1.54) is 0 Å². The van der Waals surface area contributed by atoms with E-state index < -0.39 is 0 Å². The molecule has 29 heavy (non-hydrogen) atoms. The van der Waals surface area contributed by atoms with Gasteiger partial charge >= 0.3 is 0 Å². The van der Waals surface area contributed by atoms with Crippen LogP contribution in [0.5, 0.6) is 0 Å². The third-order valence-corrected chi connectivity index (χ3v) is 5.32. The van der Waals surface area contributed by atoms with Crippen LogP contribution in [0.1, 0.15) is 30.0 Å². The summed E-state index contributed by atoms with van der Waals surface area (Å²) < 4.78 is 19.6. The molecule has 0 atom stereocenters. The average Bonchev–Trinajstić information content (AvgIpc) is 2.73. The van der Waals surface area contributed by atoms with Crippen LogP contribution in [0.2, 0.25) is 5.02 Å². The van der Waals surface area contributed by atoms with Gasteiger partial charge < -0.3 is 4.74 Å². The second kappa shape index (κ2) is 9.82. The number of benzene rings is 2. The van der Waals surface area contributed by atoms with Gasteiger partial charge in [-0.2, -0.15) is 0 Å². The Labute approximate surface area is 177 Å². The highest BCUT2D eigenvalue weighted by molar-refractivity contribution is 6.32. The highest BCUT2D eigenvalue weighted by Gasteiger charge is 2.14. The predicted octanol–water partition coefficient (Wildman–Crippen LogP) is 6.99. The van der Waals surface area contributed by atoms with Crippen LogP contribution in [0.3, 0.4) is 0 Å². The molecule has 0 aliphatic rings. The fourth-order valence-corrected chi connectivity index (χ4v) is 3.61. The highest BCUT2D eigenvalue weighted by atomic mass is 35.5. The first-order valence-electron chi connectivity index (χ1n) is 9.76. The van der Waals surface area contributed by atoms with E-state index >= 15 is 0 Å². The summed E-state index contributed by atoms with van der Waals surface area (Å²) in [5, 5.41) is 0.626. The van der Waals surface area contributed by atoms with Crippen LogP contribution in [0.15, 0.2) is 55.2 Å². The van der Waals surface area contributed by atoms with Crippen LogP contribution in [-0.2, 0) is 17.6 Å². The lowest BCUT2D eigenvalue weighted by atomic mass is 9.95. The minimum Gasteiger partial charge on any atom is -0.385 e. The third kappa shape index (κ3) is 4.92. The van der Waals surface area contributed by atoms with Gasteiger partial charge in [-0.05, 0) is 59.7 Å². The van der Waals surface area contributed by atoms with E-state index in [0.29, 0.717) is 23.6 Å².